The van der Waals surface area contributed by atoms with Crippen molar-refractivity contribution in [2.45, 2.75) is 12.5 Å². The number of ether oxygens (including phenoxy) is 1. The van der Waals surface area contributed by atoms with Crippen molar-refractivity contribution in [2.24, 2.45) is 5.10 Å². The van der Waals surface area contributed by atoms with Crippen molar-refractivity contribution in [2.75, 3.05) is 12.1 Å². The number of anilines is 1. The van der Waals surface area contributed by atoms with Crippen LogP contribution in [0.3, 0.4) is 0 Å². The lowest BCUT2D eigenvalue weighted by molar-refractivity contribution is 0.414. The minimum atomic E-state index is 0.0378. The molecule has 0 radical (unpaired) electrons. The van der Waals surface area contributed by atoms with Crippen LogP contribution in [0.15, 0.2) is 83.3 Å². The maximum absolute atomic E-state index is 6.09. The SMILES string of the molecule is COc1ccc([C@H]2CC(c3ccc(Cl)cc3)=NN2c2nc(-c3ccc(Cl)cc3)cs2)cc1. The highest BCUT2D eigenvalue weighted by Gasteiger charge is 2.31. The highest BCUT2D eigenvalue weighted by molar-refractivity contribution is 7.14. The number of hydrazone groups is 1. The van der Waals surface area contributed by atoms with Gasteiger partial charge in [-0.3, -0.25) is 0 Å². The van der Waals surface area contributed by atoms with Crippen LogP contribution in [0.5, 0.6) is 5.75 Å². The second-order valence-electron chi connectivity index (χ2n) is 7.41. The highest BCUT2D eigenvalue weighted by atomic mass is 35.5. The van der Waals surface area contributed by atoms with E-state index in [4.69, 9.17) is 38.0 Å². The topological polar surface area (TPSA) is 37.7 Å². The molecule has 1 aliphatic rings. The Morgan fingerprint density at radius 3 is 2.12 bits per heavy atom. The third kappa shape index (κ3) is 4.24. The number of rotatable bonds is 5. The molecular weight excluding hydrogens is 461 g/mol. The molecule has 0 spiro atoms. The van der Waals surface area contributed by atoms with Crippen LogP contribution in [-0.2, 0) is 0 Å². The molecule has 2 heterocycles. The van der Waals surface area contributed by atoms with Crippen molar-refractivity contribution in [3.8, 4) is 17.0 Å². The molecule has 7 heteroatoms. The Kier molecular flexibility index (Phi) is 5.87. The molecule has 0 amide bonds. The smallest absolute Gasteiger partial charge is 0.207 e. The van der Waals surface area contributed by atoms with Gasteiger partial charge in [-0.15, -0.1) is 11.3 Å². The third-order valence-electron chi connectivity index (χ3n) is 5.42. The Labute approximate surface area is 200 Å². The summed E-state index contributed by atoms with van der Waals surface area (Å²) in [5.41, 5.74) is 5.15. The lowest BCUT2D eigenvalue weighted by Gasteiger charge is -2.21. The van der Waals surface area contributed by atoms with Crippen molar-refractivity contribution in [3.05, 3.63) is 99.3 Å². The monoisotopic (exact) mass is 479 g/mol. The summed E-state index contributed by atoms with van der Waals surface area (Å²) in [6, 6.07) is 23.7. The van der Waals surface area contributed by atoms with Gasteiger partial charge in [0.25, 0.3) is 0 Å². The summed E-state index contributed by atoms with van der Waals surface area (Å²) in [6.45, 7) is 0. The van der Waals surface area contributed by atoms with Crippen LogP contribution in [0.1, 0.15) is 23.6 Å². The van der Waals surface area contributed by atoms with Gasteiger partial charge in [-0.05, 0) is 47.5 Å². The Morgan fingerprint density at radius 2 is 1.50 bits per heavy atom. The molecular formula is C25H19Cl2N3OS. The molecule has 0 saturated heterocycles. The first kappa shape index (κ1) is 21.0. The van der Waals surface area contributed by atoms with E-state index in [1.807, 2.05) is 65.7 Å². The molecule has 0 unspecified atom stereocenters. The molecule has 4 nitrogen and oxygen atoms in total. The van der Waals surface area contributed by atoms with Gasteiger partial charge in [0, 0.05) is 27.4 Å². The van der Waals surface area contributed by atoms with Crippen LogP contribution in [0.4, 0.5) is 5.13 Å². The standard InChI is InChI=1S/C25H19Cl2N3OS/c1-31-21-12-6-18(7-13-21)24-14-22(16-2-8-19(26)9-3-16)29-30(24)25-28-23(15-32-25)17-4-10-20(27)11-5-17/h2-13,15,24H,14H2,1H3/t24-/m1/s1. The molecule has 4 aromatic rings. The van der Waals surface area contributed by atoms with Crippen LogP contribution in [0, 0.1) is 0 Å². The van der Waals surface area contributed by atoms with Crippen LogP contribution in [-0.4, -0.2) is 17.8 Å². The van der Waals surface area contributed by atoms with Crippen LogP contribution >= 0.6 is 34.5 Å². The van der Waals surface area contributed by atoms with Gasteiger partial charge < -0.3 is 4.74 Å². The first-order chi connectivity index (χ1) is 15.6. The molecule has 1 aromatic heterocycles. The Balaban J connectivity index is 1.52. The summed E-state index contributed by atoms with van der Waals surface area (Å²) in [5, 5.41) is 11.3. The lowest BCUT2D eigenvalue weighted by atomic mass is 9.98. The number of hydrogen-bond acceptors (Lipinski definition) is 5. The predicted octanol–water partition coefficient (Wildman–Crippen LogP) is 7.48. The van der Waals surface area contributed by atoms with Crippen LogP contribution < -0.4 is 9.75 Å². The van der Waals surface area contributed by atoms with E-state index in [1.54, 1.807) is 18.4 Å². The van der Waals surface area contributed by atoms with Crippen molar-refractivity contribution in [1.29, 1.82) is 0 Å². The van der Waals surface area contributed by atoms with Gasteiger partial charge in [-0.25, -0.2) is 9.99 Å². The first-order valence-electron chi connectivity index (χ1n) is 10.1. The summed E-state index contributed by atoms with van der Waals surface area (Å²) in [7, 11) is 1.67. The zero-order valence-electron chi connectivity index (χ0n) is 17.2. The minimum absolute atomic E-state index is 0.0378. The van der Waals surface area contributed by atoms with E-state index < -0.39 is 0 Å². The fourth-order valence-electron chi connectivity index (χ4n) is 3.71. The summed E-state index contributed by atoms with van der Waals surface area (Å²) < 4.78 is 5.33. The van der Waals surface area contributed by atoms with E-state index in [9.17, 15) is 0 Å². The largest absolute Gasteiger partial charge is 0.497 e. The van der Waals surface area contributed by atoms with Gasteiger partial charge >= 0.3 is 0 Å². The van der Waals surface area contributed by atoms with E-state index in [0.717, 1.165) is 45.4 Å². The number of nitrogens with zero attached hydrogens (tertiary/aromatic N) is 3. The molecule has 0 N–H and O–H groups in total. The van der Waals surface area contributed by atoms with Gasteiger partial charge in [-0.1, -0.05) is 59.6 Å². The second-order valence-corrected chi connectivity index (χ2v) is 9.12. The molecule has 5 rings (SSSR count). The number of hydrogen-bond donors (Lipinski definition) is 0. The average molecular weight is 480 g/mol. The summed E-state index contributed by atoms with van der Waals surface area (Å²) >= 11 is 13.7. The summed E-state index contributed by atoms with van der Waals surface area (Å²) in [5.74, 6) is 0.830. The minimum Gasteiger partial charge on any atom is -0.497 e. The second kappa shape index (κ2) is 8.94. The van der Waals surface area contributed by atoms with Crippen molar-refractivity contribution < 1.29 is 4.74 Å². The van der Waals surface area contributed by atoms with Crippen molar-refractivity contribution in [3.63, 3.8) is 0 Å². The molecule has 0 saturated carbocycles. The fourth-order valence-corrected chi connectivity index (χ4v) is 4.80. The van der Waals surface area contributed by atoms with Crippen molar-refractivity contribution in [1.82, 2.24) is 4.98 Å². The maximum atomic E-state index is 6.09. The predicted molar refractivity (Wildman–Crippen MR) is 133 cm³/mol. The number of thiazole rings is 1. The Bertz CT molecular complexity index is 1250. The zero-order chi connectivity index (χ0) is 22.1. The molecule has 1 aliphatic heterocycles. The zero-order valence-corrected chi connectivity index (χ0v) is 19.5. The van der Waals surface area contributed by atoms with E-state index in [-0.39, 0.29) is 6.04 Å². The van der Waals surface area contributed by atoms with E-state index in [0.29, 0.717) is 10.0 Å². The Morgan fingerprint density at radius 1 is 0.875 bits per heavy atom. The summed E-state index contributed by atoms with van der Waals surface area (Å²) in [4.78, 5) is 4.89. The van der Waals surface area contributed by atoms with Gasteiger partial charge in [0.1, 0.15) is 5.75 Å². The Hall–Kier alpha value is -2.86. The van der Waals surface area contributed by atoms with Crippen molar-refractivity contribution >= 4 is 45.4 Å². The fraction of sp³-hybridized carbons (Fsp3) is 0.120. The van der Waals surface area contributed by atoms with Gasteiger partial charge in [-0.2, -0.15) is 5.10 Å². The first-order valence-corrected chi connectivity index (χ1v) is 11.7. The van der Waals surface area contributed by atoms with Gasteiger partial charge in [0.15, 0.2) is 0 Å². The normalized spacial score (nSPS) is 15.7. The maximum Gasteiger partial charge on any atom is 0.207 e. The third-order valence-corrected chi connectivity index (χ3v) is 6.75. The molecule has 1 atom stereocenters. The molecule has 32 heavy (non-hydrogen) atoms. The van der Waals surface area contributed by atoms with E-state index >= 15 is 0 Å². The van der Waals surface area contributed by atoms with E-state index in [1.165, 1.54) is 0 Å². The number of aromatic nitrogens is 1. The molecule has 0 fully saturated rings. The number of benzene rings is 3. The lowest BCUT2D eigenvalue weighted by Crippen LogP contribution is -2.18. The quantitative estimate of drug-likeness (QED) is 0.297. The van der Waals surface area contributed by atoms with Gasteiger partial charge in [0.05, 0.1) is 24.6 Å². The highest BCUT2D eigenvalue weighted by Crippen LogP contribution is 2.40. The summed E-state index contributed by atoms with van der Waals surface area (Å²) in [6.07, 6.45) is 0.768. The van der Waals surface area contributed by atoms with Crippen LogP contribution in [0.25, 0.3) is 11.3 Å². The number of halogens is 2. The average Bonchev–Trinajstić information content (AvgIpc) is 3.48. The molecule has 0 aliphatic carbocycles. The van der Waals surface area contributed by atoms with E-state index in [2.05, 4.69) is 17.5 Å². The molecule has 0 bridgehead atoms. The number of methoxy groups -OCH3 is 1. The van der Waals surface area contributed by atoms with Gasteiger partial charge in [0.2, 0.25) is 5.13 Å². The molecule has 3 aromatic carbocycles. The molecule has 160 valence electrons. The van der Waals surface area contributed by atoms with Crippen LogP contribution in [0.2, 0.25) is 10.0 Å².